The van der Waals surface area contributed by atoms with Crippen molar-refractivity contribution in [3.63, 3.8) is 0 Å². The average molecular weight is 1050 g/mol. The molecule has 0 spiro atoms. The molecule has 1 atom stereocenters. The molecule has 0 radical (unpaired) electrons. The van der Waals surface area contributed by atoms with E-state index in [2.05, 4.69) is 317 Å². The number of hydrogen-bond acceptors (Lipinski definition) is 4. The van der Waals surface area contributed by atoms with Crippen molar-refractivity contribution >= 4 is 129 Å². The van der Waals surface area contributed by atoms with Crippen molar-refractivity contribution < 1.29 is 0 Å². The van der Waals surface area contributed by atoms with Crippen LogP contribution < -0.4 is 30.0 Å². The Hall–Kier alpha value is -10.7. The molecule has 14 aromatic rings. The Bertz CT molecular complexity index is 4990. The molecule has 0 amide bonds. The summed E-state index contributed by atoms with van der Waals surface area (Å²) >= 11 is 0. The minimum Gasteiger partial charge on any atom is -0.331 e. The smallest absolute Gasteiger partial charge is 0.0703 e. The summed E-state index contributed by atoms with van der Waals surface area (Å²) < 4.78 is 0. The maximum absolute atomic E-state index is 2.57. The van der Waals surface area contributed by atoms with Gasteiger partial charge in [0.15, 0.2) is 0 Å². The van der Waals surface area contributed by atoms with Crippen LogP contribution in [-0.2, 0) is 0 Å². The number of benzene rings is 14. The summed E-state index contributed by atoms with van der Waals surface area (Å²) in [5.74, 6) is 0. The van der Waals surface area contributed by atoms with E-state index in [0.29, 0.717) is 0 Å². The Morgan fingerprint density at radius 3 is 1.15 bits per heavy atom. The zero-order chi connectivity index (χ0) is 53.8. The molecule has 14 aromatic carbocycles. The maximum Gasteiger partial charge on any atom is 0.0703 e. The Morgan fingerprint density at radius 2 is 0.634 bits per heavy atom. The molecular weight excluding hydrogens is 993 g/mol. The Kier molecular flexibility index (Phi) is 10.4. The Balaban J connectivity index is 0.931. The number of hydrogen-bond donors (Lipinski definition) is 0. The lowest BCUT2D eigenvalue weighted by Gasteiger charge is -2.43. The van der Waals surface area contributed by atoms with Crippen molar-refractivity contribution in [3.8, 4) is 22.3 Å². The molecular formula is C78H52N4. The van der Waals surface area contributed by atoms with E-state index in [-0.39, 0.29) is 6.04 Å². The normalized spacial score (nSPS) is 14.3. The maximum atomic E-state index is 2.57. The van der Waals surface area contributed by atoms with Crippen LogP contribution in [0.4, 0.5) is 62.6 Å². The first-order valence-electron chi connectivity index (χ1n) is 28.5. The van der Waals surface area contributed by atoms with Crippen LogP contribution in [0.25, 0.3) is 88.3 Å². The van der Waals surface area contributed by atoms with Gasteiger partial charge in [-0.1, -0.05) is 212 Å². The van der Waals surface area contributed by atoms with Gasteiger partial charge < -0.3 is 19.6 Å². The Labute approximate surface area is 475 Å². The van der Waals surface area contributed by atoms with Gasteiger partial charge in [-0.15, -0.1) is 0 Å². The summed E-state index contributed by atoms with van der Waals surface area (Å²) in [5.41, 5.74) is 17.3. The molecule has 3 aliphatic rings. The quantitative estimate of drug-likeness (QED) is 0.154. The lowest BCUT2D eigenvalue weighted by molar-refractivity contribution is 0.830. The monoisotopic (exact) mass is 1040 g/mol. The number of para-hydroxylation sites is 8. The summed E-state index contributed by atoms with van der Waals surface area (Å²) in [7, 11) is 0. The number of fused-ring (bicyclic) bond motifs is 10. The van der Waals surface area contributed by atoms with Crippen LogP contribution in [0.1, 0.15) is 6.42 Å². The van der Waals surface area contributed by atoms with Crippen molar-refractivity contribution in [2.75, 3.05) is 19.6 Å². The van der Waals surface area contributed by atoms with Gasteiger partial charge in [0.2, 0.25) is 0 Å². The van der Waals surface area contributed by atoms with Crippen LogP contribution in [0.15, 0.2) is 285 Å². The third kappa shape index (κ3) is 7.11. The predicted octanol–water partition coefficient (Wildman–Crippen LogP) is 20.0. The van der Waals surface area contributed by atoms with E-state index in [4.69, 9.17) is 0 Å². The van der Waals surface area contributed by atoms with E-state index < -0.39 is 0 Å². The number of anilines is 11. The van der Waals surface area contributed by atoms with Crippen molar-refractivity contribution in [2.45, 2.75) is 12.5 Å². The van der Waals surface area contributed by atoms with E-state index in [1.807, 2.05) is 0 Å². The molecule has 2 heterocycles. The lowest BCUT2D eigenvalue weighted by atomic mass is 9.83. The van der Waals surface area contributed by atoms with Crippen molar-refractivity contribution in [1.82, 2.24) is 0 Å². The molecule has 0 bridgehead atoms. The molecule has 0 aromatic heterocycles. The van der Waals surface area contributed by atoms with Crippen molar-refractivity contribution in [1.29, 1.82) is 0 Å². The van der Waals surface area contributed by atoms with Crippen molar-refractivity contribution in [3.05, 3.63) is 296 Å². The van der Waals surface area contributed by atoms with Gasteiger partial charge in [0.05, 0.1) is 51.5 Å². The van der Waals surface area contributed by atoms with Gasteiger partial charge in [-0.2, -0.15) is 0 Å². The zero-order valence-electron chi connectivity index (χ0n) is 44.9. The van der Waals surface area contributed by atoms with E-state index >= 15 is 0 Å². The number of rotatable bonds is 6. The molecule has 82 heavy (non-hydrogen) atoms. The highest BCUT2D eigenvalue weighted by molar-refractivity contribution is 6.26. The van der Waals surface area contributed by atoms with Gasteiger partial charge in [0.25, 0.3) is 0 Å². The van der Waals surface area contributed by atoms with Gasteiger partial charge in [0, 0.05) is 17.1 Å². The Morgan fingerprint density at radius 1 is 0.256 bits per heavy atom. The summed E-state index contributed by atoms with van der Waals surface area (Å²) in [6.45, 7) is 0. The van der Waals surface area contributed by atoms with Gasteiger partial charge in [0.1, 0.15) is 0 Å². The fraction of sp³-hybridized carbons (Fsp3) is 0.0256. The van der Waals surface area contributed by atoms with Crippen LogP contribution >= 0.6 is 0 Å². The minimum absolute atomic E-state index is 0.142. The van der Waals surface area contributed by atoms with Gasteiger partial charge in [-0.05, 0) is 178 Å². The predicted molar refractivity (Wildman–Crippen MR) is 348 cm³/mol. The first-order chi connectivity index (χ1) is 40.7. The standard InChI is InChI=1S/C78H52N4/c1-3-23-55-47-57(41-39-51(55)19-1)79-69-31-9-13-35-73(69)81(74-36-14-10-32-70(74)79)59-43-45-65-67(49-59)77(63-29-17-25-53-21-5-7-27-61(53)63)66-46-44-60(50-68(66)78(65)64-30-18-26-54-22-6-8-28-62(54)64)82-75-37-15-11-33-71(75)80(72-34-12-16-38-76(72)82)58-42-40-52-20-2-4-24-56(52)48-58/h1-41,43-50,58H,42H2. The van der Waals surface area contributed by atoms with Crippen LogP contribution in [0, 0.1) is 0 Å². The molecule has 17 rings (SSSR count). The largest absolute Gasteiger partial charge is 0.331 e. The first kappa shape index (κ1) is 46.3. The van der Waals surface area contributed by atoms with Crippen LogP contribution in [0.5, 0.6) is 0 Å². The van der Waals surface area contributed by atoms with Gasteiger partial charge in [-0.25, -0.2) is 0 Å². The molecule has 1 unspecified atom stereocenters. The minimum atomic E-state index is 0.142. The molecule has 4 nitrogen and oxygen atoms in total. The van der Waals surface area contributed by atoms with E-state index in [9.17, 15) is 0 Å². The lowest BCUT2D eigenvalue weighted by Crippen LogP contribution is -2.40. The average Bonchev–Trinajstić information content (AvgIpc) is 3.69. The van der Waals surface area contributed by atoms with E-state index in [0.717, 1.165) is 57.6 Å². The second kappa shape index (κ2) is 18.5. The molecule has 384 valence electrons. The molecule has 0 fully saturated rings. The third-order valence-corrected chi connectivity index (χ3v) is 17.5. The van der Waals surface area contributed by atoms with Gasteiger partial charge in [-0.3, -0.25) is 0 Å². The number of nitrogens with zero attached hydrogens (tertiary/aromatic N) is 4. The molecule has 1 aliphatic carbocycles. The summed E-state index contributed by atoms with van der Waals surface area (Å²) in [5, 5.41) is 14.7. The second-order valence-electron chi connectivity index (χ2n) is 21.9. The van der Waals surface area contributed by atoms with Crippen LogP contribution in [-0.4, -0.2) is 6.04 Å². The highest BCUT2D eigenvalue weighted by Gasteiger charge is 2.35. The molecule has 0 saturated heterocycles. The van der Waals surface area contributed by atoms with E-state index in [1.165, 1.54) is 97.9 Å². The summed E-state index contributed by atoms with van der Waals surface area (Å²) in [6, 6.07) is 106. The second-order valence-corrected chi connectivity index (χ2v) is 21.9. The highest BCUT2D eigenvalue weighted by atomic mass is 15.3. The van der Waals surface area contributed by atoms with Crippen LogP contribution in [0.3, 0.4) is 0 Å². The zero-order valence-corrected chi connectivity index (χ0v) is 44.9. The molecule has 2 aliphatic heterocycles. The molecule has 4 heteroatoms. The highest BCUT2D eigenvalue weighted by Crippen LogP contribution is 2.58. The third-order valence-electron chi connectivity index (χ3n) is 17.5. The van der Waals surface area contributed by atoms with Crippen molar-refractivity contribution in [2.24, 2.45) is 0 Å². The summed E-state index contributed by atoms with van der Waals surface area (Å²) in [6.07, 6.45) is 5.78. The summed E-state index contributed by atoms with van der Waals surface area (Å²) in [4.78, 5) is 9.99. The molecule has 0 N–H and O–H groups in total. The van der Waals surface area contributed by atoms with E-state index in [1.54, 1.807) is 0 Å². The first-order valence-corrected chi connectivity index (χ1v) is 28.5. The fourth-order valence-corrected chi connectivity index (χ4v) is 13.9. The van der Waals surface area contributed by atoms with Gasteiger partial charge >= 0.3 is 0 Å². The SMILES string of the molecule is C1=c2ccccc2=CC(N2c3ccccc3N(c3ccc4c(-c5cccc6ccccc56)c5cc(N6c7ccccc7N(c7ccc8ccccc8c7)c7ccccc76)ccc5c(-c5cccc6ccccc56)c4c3)c3ccccc32)C1. The van der Waals surface area contributed by atoms with Crippen LogP contribution in [0.2, 0.25) is 0 Å². The topological polar surface area (TPSA) is 13.0 Å². The fourth-order valence-electron chi connectivity index (χ4n) is 13.9. The molecule has 0 saturated carbocycles.